The lowest BCUT2D eigenvalue weighted by molar-refractivity contribution is -0.119. The third-order valence-corrected chi connectivity index (χ3v) is 5.05. The Morgan fingerprint density at radius 3 is 2.74 bits per heavy atom. The summed E-state index contributed by atoms with van der Waals surface area (Å²) < 4.78 is 0. The normalized spacial score (nSPS) is 20.7. The van der Waals surface area contributed by atoms with E-state index in [4.69, 9.17) is 0 Å². The van der Waals surface area contributed by atoms with Gasteiger partial charge in [-0.25, -0.2) is 0 Å². The minimum Gasteiger partial charge on any atom is -0.337 e. The minimum absolute atomic E-state index is 0. The third kappa shape index (κ3) is 4.62. The third-order valence-electron chi connectivity index (χ3n) is 4.11. The molecule has 2 saturated heterocycles. The molecular formula is C16H22ClN3O2S. The average Bonchev–Trinajstić information content (AvgIpc) is 3.10. The van der Waals surface area contributed by atoms with Crippen molar-refractivity contribution >= 4 is 41.7 Å². The molecule has 2 heterocycles. The number of nitrogens with one attached hydrogen (secondary N) is 2. The second-order valence-electron chi connectivity index (χ2n) is 5.66. The van der Waals surface area contributed by atoms with Crippen LogP contribution in [0.3, 0.4) is 0 Å². The first-order valence-corrected chi connectivity index (χ1v) is 8.88. The molecule has 1 atom stereocenters. The van der Waals surface area contributed by atoms with Crippen LogP contribution in [-0.2, 0) is 4.79 Å². The van der Waals surface area contributed by atoms with Gasteiger partial charge in [0.15, 0.2) is 0 Å². The Labute approximate surface area is 147 Å². The Hall–Kier alpha value is -1.24. The zero-order chi connectivity index (χ0) is 15.4. The van der Waals surface area contributed by atoms with E-state index < -0.39 is 0 Å². The van der Waals surface area contributed by atoms with Crippen LogP contribution in [0.15, 0.2) is 24.3 Å². The Morgan fingerprint density at radius 1 is 1.26 bits per heavy atom. The first-order valence-electron chi connectivity index (χ1n) is 7.73. The Kier molecular flexibility index (Phi) is 6.74. The molecular weight excluding hydrogens is 334 g/mol. The second-order valence-corrected chi connectivity index (χ2v) is 6.89. The summed E-state index contributed by atoms with van der Waals surface area (Å²) in [6.45, 7) is 3.22. The number of rotatable bonds is 3. The summed E-state index contributed by atoms with van der Waals surface area (Å²) in [7, 11) is 0. The molecule has 1 aromatic carbocycles. The minimum atomic E-state index is 0. The van der Waals surface area contributed by atoms with E-state index in [2.05, 4.69) is 10.6 Å². The van der Waals surface area contributed by atoms with E-state index in [1.165, 1.54) is 0 Å². The standard InChI is InChI=1S/C16H21N3O2S.ClH/c20-15(13-4-5-17-11-13)18-14-3-1-2-12(10-14)16(21)19-6-8-22-9-7-19;/h1-3,10,13,17H,4-9,11H2,(H,18,20);1H. The summed E-state index contributed by atoms with van der Waals surface area (Å²) in [4.78, 5) is 26.5. The summed E-state index contributed by atoms with van der Waals surface area (Å²) in [5, 5.41) is 6.12. The van der Waals surface area contributed by atoms with E-state index >= 15 is 0 Å². The molecule has 0 bridgehead atoms. The van der Waals surface area contributed by atoms with Gasteiger partial charge in [0.2, 0.25) is 5.91 Å². The van der Waals surface area contributed by atoms with Gasteiger partial charge in [0.1, 0.15) is 0 Å². The van der Waals surface area contributed by atoms with Crippen molar-refractivity contribution in [1.29, 1.82) is 0 Å². The highest BCUT2D eigenvalue weighted by molar-refractivity contribution is 7.99. The van der Waals surface area contributed by atoms with Crippen molar-refractivity contribution in [3.05, 3.63) is 29.8 Å². The highest BCUT2D eigenvalue weighted by Gasteiger charge is 2.23. The smallest absolute Gasteiger partial charge is 0.253 e. The first-order chi connectivity index (χ1) is 10.7. The van der Waals surface area contributed by atoms with Gasteiger partial charge in [-0.15, -0.1) is 12.4 Å². The van der Waals surface area contributed by atoms with Gasteiger partial charge in [0.05, 0.1) is 5.92 Å². The van der Waals surface area contributed by atoms with Gasteiger partial charge < -0.3 is 15.5 Å². The lowest BCUT2D eigenvalue weighted by Gasteiger charge is -2.26. The van der Waals surface area contributed by atoms with E-state index in [0.717, 1.165) is 44.1 Å². The Bertz CT molecular complexity index is 558. The van der Waals surface area contributed by atoms with E-state index in [9.17, 15) is 9.59 Å². The average molecular weight is 356 g/mol. The first kappa shape index (κ1) is 18.1. The number of halogens is 1. The lowest BCUT2D eigenvalue weighted by Crippen LogP contribution is -2.37. The van der Waals surface area contributed by atoms with Gasteiger partial charge in [-0.3, -0.25) is 9.59 Å². The summed E-state index contributed by atoms with van der Waals surface area (Å²) in [6, 6.07) is 7.26. The molecule has 1 unspecified atom stereocenters. The number of benzene rings is 1. The van der Waals surface area contributed by atoms with Gasteiger partial charge in [0, 0.05) is 42.4 Å². The number of carbonyl (C=O) groups is 2. The molecule has 7 heteroatoms. The molecule has 2 aliphatic rings. The van der Waals surface area contributed by atoms with Crippen LogP contribution in [0.1, 0.15) is 16.8 Å². The van der Waals surface area contributed by atoms with Crippen LogP contribution < -0.4 is 10.6 Å². The largest absolute Gasteiger partial charge is 0.337 e. The second kappa shape index (κ2) is 8.57. The van der Waals surface area contributed by atoms with E-state index in [-0.39, 0.29) is 30.1 Å². The molecule has 0 aliphatic carbocycles. The molecule has 3 rings (SSSR count). The molecule has 2 fully saturated rings. The molecule has 5 nitrogen and oxygen atoms in total. The number of anilines is 1. The fraction of sp³-hybridized carbons (Fsp3) is 0.500. The molecule has 0 radical (unpaired) electrons. The SMILES string of the molecule is Cl.O=C(Nc1cccc(C(=O)N2CCSCC2)c1)C1CCNC1. The number of hydrogen-bond donors (Lipinski definition) is 2. The molecule has 0 aromatic heterocycles. The van der Waals surface area contributed by atoms with Gasteiger partial charge in [-0.05, 0) is 31.2 Å². The number of hydrogen-bond acceptors (Lipinski definition) is 4. The zero-order valence-corrected chi connectivity index (χ0v) is 14.5. The number of amides is 2. The topological polar surface area (TPSA) is 61.4 Å². The summed E-state index contributed by atoms with van der Waals surface area (Å²) in [5.74, 6) is 2.11. The number of nitrogens with zero attached hydrogens (tertiary/aromatic N) is 1. The van der Waals surface area contributed by atoms with Crippen LogP contribution in [0.5, 0.6) is 0 Å². The van der Waals surface area contributed by atoms with Crippen molar-refractivity contribution in [2.24, 2.45) is 5.92 Å². The van der Waals surface area contributed by atoms with Crippen LogP contribution >= 0.6 is 24.2 Å². The van der Waals surface area contributed by atoms with Crippen LogP contribution in [0, 0.1) is 5.92 Å². The Balaban J connectivity index is 0.00000192. The fourth-order valence-electron chi connectivity index (χ4n) is 2.80. The molecule has 2 amide bonds. The summed E-state index contributed by atoms with van der Waals surface area (Å²) >= 11 is 1.88. The maximum atomic E-state index is 12.5. The van der Waals surface area contributed by atoms with Crippen molar-refractivity contribution in [2.45, 2.75) is 6.42 Å². The Morgan fingerprint density at radius 2 is 2.04 bits per heavy atom. The maximum Gasteiger partial charge on any atom is 0.253 e. The van der Waals surface area contributed by atoms with Crippen molar-refractivity contribution < 1.29 is 9.59 Å². The predicted molar refractivity (Wildman–Crippen MR) is 96.5 cm³/mol. The fourth-order valence-corrected chi connectivity index (χ4v) is 3.70. The highest BCUT2D eigenvalue weighted by atomic mass is 35.5. The van der Waals surface area contributed by atoms with Crippen molar-refractivity contribution in [1.82, 2.24) is 10.2 Å². The van der Waals surface area contributed by atoms with Crippen molar-refractivity contribution in [3.63, 3.8) is 0 Å². The molecule has 0 saturated carbocycles. The summed E-state index contributed by atoms with van der Waals surface area (Å²) in [6.07, 6.45) is 0.871. The summed E-state index contributed by atoms with van der Waals surface area (Å²) in [5.41, 5.74) is 1.35. The zero-order valence-electron chi connectivity index (χ0n) is 12.9. The van der Waals surface area contributed by atoms with Crippen molar-refractivity contribution in [2.75, 3.05) is 43.0 Å². The molecule has 2 aliphatic heterocycles. The molecule has 0 spiro atoms. The number of carbonyl (C=O) groups excluding carboxylic acids is 2. The molecule has 126 valence electrons. The van der Waals surface area contributed by atoms with E-state index in [1.807, 2.05) is 34.9 Å². The van der Waals surface area contributed by atoms with Crippen LogP contribution in [0.25, 0.3) is 0 Å². The van der Waals surface area contributed by atoms with Crippen LogP contribution in [0.4, 0.5) is 5.69 Å². The van der Waals surface area contributed by atoms with E-state index in [1.54, 1.807) is 6.07 Å². The van der Waals surface area contributed by atoms with Gasteiger partial charge in [-0.1, -0.05) is 6.07 Å². The van der Waals surface area contributed by atoms with Gasteiger partial charge in [0.25, 0.3) is 5.91 Å². The van der Waals surface area contributed by atoms with E-state index in [0.29, 0.717) is 11.3 Å². The number of thioether (sulfide) groups is 1. The molecule has 23 heavy (non-hydrogen) atoms. The van der Waals surface area contributed by atoms with Crippen LogP contribution in [-0.4, -0.2) is 54.4 Å². The van der Waals surface area contributed by atoms with Crippen LogP contribution in [0.2, 0.25) is 0 Å². The molecule has 2 N–H and O–H groups in total. The monoisotopic (exact) mass is 355 g/mol. The van der Waals surface area contributed by atoms with Gasteiger partial charge >= 0.3 is 0 Å². The molecule has 1 aromatic rings. The van der Waals surface area contributed by atoms with Gasteiger partial charge in [-0.2, -0.15) is 11.8 Å². The predicted octanol–water partition coefficient (Wildman–Crippen LogP) is 1.85. The quantitative estimate of drug-likeness (QED) is 0.868. The maximum absolute atomic E-state index is 12.5. The lowest BCUT2D eigenvalue weighted by atomic mass is 10.1. The van der Waals surface area contributed by atoms with Crippen molar-refractivity contribution in [3.8, 4) is 0 Å². The highest BCUT2D eigenvalue weighted by Crippen LogP contribution is 2.18.